The van der Waals surface area contributed by atoms with E-state index < -0.39 is 5.82 Å². The van der Waals surface area contributed by atoms with E-state index in [1.165, 1.54) is 18.2 Å². The molecule has 5 heteroatoms. The molecule has 1 heterocycles. The van der Waals surface area contributed by atoms with Crippen LogP contribution >= 0.6 is 0 Å². The zero-order valence-electron chi connectivity index (χ0n) is 9.90. The molecule has 18 heavy (non-hydrogen) atoms. The first-order chi connectivity index (χ1) is 8.61. The molecule has 0 saturated carbocycles. The molecule has 0 aliphatic heterocycles. The molecule has 1 aromatic carbocycles. The Morgan fingerprint density at radius 3 is 2.44 bits per heavy atom. The number of hydrogen-bond acceptors (Lipinski definition) is 3. The molecule has 2 aromatic rings. The molecule has 0 aliphatic carbocycles. The molecular formula is C13H13F2N3. The van der Waals surface area contributed by atoms with Crippen LogP contribution in [0.3, 0.4) is 0 Å². The maximum Gasteiger partial charge on any atom is 0.141 e. The zero-order valence-corrected chi connectivity index (χ0v) is 9.90. The zero-order chi connectivity index (χ0) is 13.1. The van der Waals surface area contributed by atoms with Crippen LogP contribution in [0, 0.1) is 11.6 Å². The molecule has 0 radical (unpaired) electrons. The Balaban J connectivity index is 2.39. The van der Waals surface area contributed by atoms with Crippen LogP contribution in [0.25, 0.3) is 0 Å². The van der Waals surface area contributed by atoms with E-state index in [0.717, 1.165) is 11.9 Å². The summed E-state index contributed by atoms with van der Waals surface area (Å²) in [6, 6.07) is 7.32. The third-order valence-electron chi connectivity index (χ3n) is 2.66. The van der Waals surface area contributed by atoms with E-state index in [4.69, 9.17) is 5.73 Å². The summed E-state index contributed by atoms with van der Waals surface area (Å²) in [4.78, 5) is 5.76. The van der Waals surface area contributed by atoms with Crippen LogP contribution in [0.2, 0.25) is 0 Å². The van der Waals surface area contributed by atoms with Gasteiger partial charge in [0.05, 0.1) is 6.20 Å². The van der Waals surface area contributed by atoms with Crippen molar-refractivity contribution in [1.82, 2.24) is 4.98 Å². The van der Waals surface area contributed by atoms with Gasteiger partial charge in [0, 0.05) is 24.8 Å². The first-order valence-electron chi connectivity index (χ1n) is 5.45. The van der Waals surface area contributed by atoms with Crippen molar-refractivity contribution in [2.75, 3.05) is 11.9 Å². The summed E-state index contributed by atoms with van der Waals surface area (Å²) in [5.41, 5.74) is 6.92. The number of hydrogen-bond donors (Lipinski definition) is 1. The molecule has 94 valence electrons. The first kappa shape index (κ1) is 12.4. The first-order valence-corrected chi connectivity index (χ1v) is 5.45. The molecule has 0 fully saturated rings. The maximum atomic E-state index is 13.1. The molecule has 0 amide bonds. The second-order valence-electron chi connectivity index (χ2n) is 3.88. The fourth-order valence-corrected chi connectivity index (χ4v) is 1.71. The van der Waals surface area contributed by atoms with Gasteiger partial charge in [0.2, 0.25) is 0 Å². The molecule has 1 aromatic heterocycles. The monoisotopic (exact) mass is 249 g/mol. The minimum Gasteiger partial charge on any atom is -0.329 e. The van der Waals surface area contributed by atoms with Crippen molar-refractivity contribution < 1.29 is 8.78 Å². The van der Waals surface area contributed by atoms with Crippen LogP contribution in [0.1, 0.15) is 5.56 Å². The molecule has 0 bridgehead atoms. The Hall–Kier alpha value is -2.01. The SMILES string of the molecule is CN(c1ccc(F)cc1)c1ncc(F)cc1CN. The van der Waals surface area contributed by atoms with Gasteiger partial charge in [-0.05, 0) is 30.3 Å². The van der Waals surface area contributed by atoms with Crippen LogP contribution in [-0.2, 0) is 6.54 Å². The average molecular weight is 249 g/mol. The maximum absolute atomic E-state index is 13.1. The highest BCUT2D eigenvalue weighted by molar-refractivity contribution is 5.61. The smallest absolute Gasteiger partial charge is 0.141 e. The number of nitrogens with two attached hydrogens (primary N) is 1. The van der Waals surface area contributed by atoms with Crippen molar-refractivity contribution >= 4 is 11.5 Å². The van der Waals surface area contributed by atoms with E-state index >= 15 is 0 Å². The average Bonchev–Trinajstić information content (AvgIpc) is 2.38. The Labute approximate surface area is 104 Å². The number of benzene rings is 1. The molecular weight excluding hydrogens is 236 g/mol. The van der Waals surface area contributed by atoms with Crippen molar-refractivity contribution in [1.29, 1.82) is 0 Å². The summed E-state index contributed by atoms with van der Waals surface area (Å²) >= 11 is 0. The molecule has 0 saturated heterocycles. The van der Waals surface area contributed by atoms with Crippen molar-refractivity contribution in [3.63, 3.8) is 0 Å². The summed E-state index contributed by atoms with van der Waals surface area (Å²) in [5, 5.41) is 0. The Bertz CT molecular complexity index is 540. The molecule has 2 N–H and O–H groups in total. The van der Waals surface area contributed by atoms with Gasteiger partial charge < -0.3 is 10.6 Å². The molecule has 0 aliphatic rings. The predicted molar refractivity (Wildman–Crippen MR) is 66.5 cm³/mol. The minimum absolute atomic E-state index is 0.186. The number of anilines is 2. The van der Waals surface area contributed by atoms with Gasteiger partial charge in [0.15, 0.2) is 0 Å². The van der Waals surface area contributed by atoms with Gasteiger partial charge in [0.1, 0.15) is 17.5 Å². The van der Waals surface area contributed by atoms with Crippen LogP contribution in [0.5, 0.6) is 0 Å². The largest absolute Gasteiger partial charge is 0.329 e. The fraction of sp³-hybridized carbons (Fsp3) is 0.154. The molecule has 0 spiro atoms. The van der Waals surface area contributed by atoms with Crippen LogP contribution in [-0.4, -0.2) is 12.0 Å². The van der Waals surface area contributed by atoms with E-state index in [2.05, 4.69) is 4.98 Å². The van der Waals surface area contributed by atoms with E-state index in [0.29, 0.717) is 11.4 Å². The minimum atomic E-state index is -0.424. The third-order valence-corrected chi connectivity index (χ3v) is 2.66. The predicted octanol–water partition coefficient (Wildman–Crippen LogP) is 2.59. The molecule has 3 nitrogen and oxygen atoms in total. The summed E-state index contributed by atoms with van der Waals surface area (Å²) in [6.07, 6.45) is 1.13. The second-order valence-corrected chi connectivity index (χ2v) is 3.88. The lowest BCUT2D eigenvalue weighted by Crippen LogP contribution is -2.15. The highest BCUT2D eigenvalue weighted by Gasteiger charge is 2.11. The normalized spacial score (nSPS) is 10.4. The van der Waals surface area contributed by atoms with E-state index in [9.17, 15) is 8.78 Å². The second kappa shape index (κ2) is 5.10. The van der Waals surface area contributed by atoms with E-state index in [1.54, 1.807) is 24.1 Å². The molecule has 2 rings (SSSR count). The fourth-order valence-electron chi connectivity index (χ4n) is 1.71. The van der Waals surface area contributed by atoms with Gasteiger partial charge in [-0.1, -0.05) is 0 Å². The van der Waals surface area contributed by atoms with Gasteiger partial charge in [0.25, 0.3) is 0 Å². The van der Waals surface area contributed by atoms with Gasteiger partial charge in [-0.15, -0.1) is 0 Å². The van der Waals surface area contributed by atoms with E-state index in [-0.39, 0.29) is 12.4 Å². The van der Waals surface area contributed by atoms with Crippen molar-refractivity contribution in [2.24, 2.45) is 5.73 Å². The van der Waals surface area contributed by atoms with Gasteiger partial charge >= 0.3 is 0 Å². The Kier molecular flexibility index (Phi) is 3.53. The van der Waals surface area contributed by atoms with Crippen molar-refractivity contribution in [2.45, 2.75) is 6.54 Å². The lowest BCUT2D eigenvalue weighted by atomic mass is 10.2. The number of rotatable bonds is 3. The summed E-state index contributed by atoms with van der Waals surface area (Å²) < 4.78 is 25.9. The molecule has 0 atom stereocenters. The summed E-state index contributed by atoms with van der Waals surface area (Å²) in [5.74, 6) is -0.171. The topological polar surface area (TPSA) is 42.2 Å². The van der Waals surface area contributed by atoms with Crippen LogP contribution in [0.4, 0.5) is 20.3 Å². The molecule has 0 unspecified atom stereocenters. The summed E-state index contributed by atoms with van der Waals surface area (Å²) in [6.45, 7) is 0.186. The van der Waals surface area contributed by atoms with Crippen LogP contribution in [0.15, 0.2) is 36.5 Å². The number of nitrogens with zero attached hydrogens (tertiary/aromatic N) is 2. The van der Waals surface area contributed by atoms with Gasteiger partial charge in [-0.25, -0.2) is 13.8 Å². The lowest BCUT2D eigenvalue weighted by Gasteiger charge is -2.20. The number of pyridine rings is 1. The van der Waals surface area contributed by atoms with Gasteiger partial charge in [-0.2, -0.15) is 0 Å². The number of aromatic nitrogens is 1. The number of halogens is 2. The highest BCUT2D eigenvalue weighted by atomic mass is 19.1. The van der Waals surface area contributed by atoms with Gasteiger partial charge in [-0.3, -0.25) is 0 Å². The Morgan fingerprint density at radius 1 is 1.17 bits per heavy atom. The standard InChI is InChI=1S/C13H13F2N3/c1-18(12-4-2-10(14)3-5-12)13-9(7-16)6-11(15)8-17-13/h2-6,8H,7,16H2,1H3. The van der Waals surface area contributed by atoms with Crippen LogP contribution < -0.4 is 10.6 Å². The summed E-state index contributed by atoms with van der Waals surface area (Å²) in [7, 11) is 1.77. The van der Waals surface area contributed by atoms with Crippen molar-refractivity contribution in [3.05, 3.63) is 53.7 Å². The third kappa shape index (κ3) is 2.46. The quantitative estimate of drug-likeness (QED) is 0.909. The van der Waals surface area contributed by atoms with Crippen molar-refractivity contribution in [3.8, 4) is 0 Å². The Morgan fingerprint density at radius 2 is 1.83 bits per heavy atom. The van der Waals surface area contributed by atoms with E-state index in [1.807, 2.05) is 0 Å². The highest BCUT2D eigenvalue weighted by Crippen LogP contribution is 2.25. The lowest BCUT2D eigenvalue weighted by molar-refractivity contribution is 0.618.